The monoisotopic (exact) mass is 280 g/mol. The smallest absolute Gasteiger partial charge is 0.315 e. The van der Waals surface area contributed by atoms with Crippen LogP contribution < -0.4 is 10.6 Å². The fourth-order valence-electron chi connectivity index (χ4n) is 2.33. The Morgan fingerprint density at radius 3 is 2.89 bits per heavy atom. The molecule has 1 aromatic heterocycles. The van der Waals surface area contributed by atoms with Gasteiger partial charge < -0.3 is 15.4 Å². The first-order valence-corrected chi connectivity index (χ1v) is 7.39. The number of nitrogens with one attached hydrogen (secondary N) is 2. The van der Waals surface area contributed by atoms with E-state index in [0.29, 0.717) is 13.1 Å². The molecule has 0 aliphatic carbocycles. The lowest BCUT2D eigenvalue weighted by molar-refractivity contribution is 0.0519. The largest absolute Gasteiger partial charge is 0.381 e. The molecule has 0 radical (unpaired) electrons. The van der Waals surface area contributed by atoms with Gasteiger partial charge in [0.2, 0.25) is 0 Å². The molecule has 2 rings (SSSR count). The van der Waals surface area contributed by atoms with Crippen LogP contribution in [-0.4, -0.2) is 32.3 Å². The minimum Gasteiger partial charge on any atom is -0.381 e. The van der Waals surface area contributed by atoms with E-state index in [1.54, 1.807) is 17.4 Å². The second kappa shape index (κ2) is 6.73. The van der Waals surface area contributed by atoms with Gasteiger partial charge in [-0.1, -0.05) is 12.1 Å². The van der Waals surface area contributed by atoms with Crippen molar-refractivity contribution in [1.29, 1.82) is 0 Å². The minimum atomic E-state index is -0.137. The summed E-state index contributed by atoms with van der Waals surface area (Å²) in [6, 6.07) is 4.08. The molecule has 19 heavy (non-hydrogen) atoms. The fourth-order valence-corrected chi connectivity index (χ4v) is 3.32. The molecule has 1 saturated heterocycles. The number of hydrogen-bond acceptors (Lipinski definition) is 3. The van der Waals surface area contributed by atoms with Gasteiger partial charge in [-0.2, -0.15) is 0 Å². The van der Waals surface area contributed by atoms with Crippen LogP contribution in [0.2, 0.25) is 0 Å². The van der Waals surface area contributed by atoms with Gasteiger partial charge in [0.25, 0.3) is 0 Å². The maximum absolute atomic E-state index is 11.7. The standard InChI is InChI=1S/C14H20N2O2S/c1-2-7-15-13(17)16-11-14(5-8-18-9-6-14)12-4-3-10-19-12/h2-4,10H,1,5-9,11H2,(H2,15,16,17). The fraction of sp³-hybridized carbons (Fsp3) is 0.500. The molecule has 104 valence electrons. The maximum Gasteiger partial charge on any atom is 0.315 e. The van der Waals surface area contributed by atoms with Crippen molar-refractivity contribution >= 4 is 17.4 Å². The van der Waals surface area contributed by atoms with Gasteiger partial charge in [-0.05, 0) is 24.3 Å². The van der Waals surface area contributed by atoms with E-state index in [0.717, 1.165) is 26.1 Å². The molecule has 2 amide bonds. The van der Waals surface area contributed by atoms with Gasteiger partial charge in [-0.15, -0.1) is 17.9 Å². The number of amides is 2. The summed E-state index contributed by atoms with van der Waals surface area (Å²) in [5, 5.41) is 7.80. The molecule has 2 N–H and O–H groups in total. The molecule has 0 spiro atoms. The molecule has 1 aliphatic rings. The van der Waals surface area contributed by atoms with E-state index in [1.165, 1.54) is 4.88 Å². The van der Waals surface area contributed by atoms with Crippen LogP contribution in [0.4, 0.5) is 4.79 Å². The van der Waals surface area contributed by atoms with Crippen LogP contribution >= 0.6 is 11.3 Å². The average Bonchev–Trinajstić information content (AvgIpc) is 2.98. The highest BCUT2D eigenvalue weighted by Gasteiger charge is 2.35. The molecule has 1 aliphatic heterocycles. The minimum absolute atomic E-state index is 0.0257. The summed E-state index contributed by atoms with van der Waals surface area (Å²) in [5.41, 5.74) is 0.0257. The molecular weight excluding hydrogens is 260 g/mol. The van der Waals surface area contributed by atoms with Crippen LogP contribution in [0.25, 0.3) is 0 Å². The number of thiophene rings is 1. The molecule has 0 aromatic carbocycles. The number of urea groups is 1. The SMILES string of the molecule is C=CCNC(=O)NCC1(c2cccs2)CCOCC1. The Hall–Kier alpha value is -1.33. The zero-order valence-electron chi connectivity index (χ0n) is 11.0. The Kier molecular flexibility index (Phi) is 4.99. The Morgan fingerprint density at radius 2 is 2.26 bits per heavy atom. The normalized spacial score (nSPS) is 17.7. The molecule has 4 nitrogen and oxygen atoms in total. The lowest BCUT2D eigenvalue weighted by atomic mass is 9.78. The first-order chi connectivity index (χ1) is 9.27. The summed E-state index contributed by atoms with van der Waals surface area (Å²) in [6.07, 6.45) is 3.58. The molecule has 0 bridgehead atoms. The molecule has 1 aromatic rings. The van der Waals surface area contributed by atoms with E-state index in [4.69, 9.17) is 4.74 Å². The number of rotatable bonds is 5. The van der Waals surface area contributed by atoms with Gasteiger partial charge in [0.1, 0.15) is 0 Å². The average molecular weight is 280 g/mol. The van der Waals surface area contributed by atoms with E-state index >= 15 is 0 Å². The van der Waals surface area contributed by atoms with E-state index in [2.05, 4.69) is 34.7 Å². The first kappa shape index (κ1) is 14.1. The van der Waals surface area contributed by atoms with E-state index in [-0.39, 0.29) is 11.4 Å². The lowest BCUT2D eigenvalue weighted by Crippen LogP contribution is -2.47. The summed E-state index contributed by atoms with van der Waals surface area (Å²) in [5.74, 6) is 0. The topological polar surface area (TPSA) is 50.4 Å². The third kappa shape index (κ3) is 3.58. The highest BCUT2D eigenvalue weighted by atomic mass is 32.1. The molecule has 0 atom stereocenters. The Balaban J connectivity index is 1.99. The number of ether oxygens (including phenoxy) is 1. The molecule has 5 heteroatoms. The lowest BCUT2D eigenvalue weighted by Gasteiger charge is -2.36. The van der Waals surface area contributed by atoms with Crippen LogP contribution in [0.1, 0.15) is 17.7 Å². The number of hydrogen-bond donors (Lipinski definition) is 2. The molecule has 1 fully saturated rings. The van der Waals surface area contributed by atoms with Gasteiger partial charge in [-0.3, -0.25) is 0 Å². The third-order valence-electron chi connectivity index (χ3n) is 3.49. The van der Waals surface area contributed by atoms with Gasteiger partial charge in [-0.25, -0.2) is 4.79 Å². The Labute approximate surface area is 117 Å². The molecule has 0 saturated carbocycles. The molecule has 2 heterocycles. The highest BCUT2D eigenvalue weighted by molar-refractivity contribution is 7.10. The highest BCUT2D eigenvalue weighted by Crippen LogP contribution is 2.36. The van der Waals surface area contributed by atoms with Crippen molar-refractivity contribution in [2.75, 3.05) is 26.3 Å². The van der Waals surface area contributed by atoms with E-state index in [9.17, 15) is 4.79 Å². The van der Waals surface area contributed by atoms with Crippen LogP contribution in [0.3, 0.4) is 0 Å². The summed E-state index contributed by atoms with van der Waals surface area (Å²) in [6.45, 7) is 6.23. The van der Waals surface area contributed by atoms with Crippen LogP contribution in [0.15, 0.2) is 30.2 Å². The molecule has 0 unspecified atom stereocenters. The second-order valence-corrected chi connectivity index (χ2v) is 5.67. The van der Waals surface area contributed by atoms with E-state index < -0.39 is 0 Å². The zero-order chi connectivity index (χ0) is 13.6. The van der Waals surface area contributed by atoms with Crippen LogP contribution in [0, 0.1) is 0 Å². The maximum atomic E-state index is 11.7. The predicted octanol–water partition coefficient (Wildman–Crippen LogP) is 2.28. The van der Waals surface area contributed by atoms with E-state index in [1.807, 2.05) is 0 Å². The van der Waals surface area contributed by atoms with Crippen LogP contribution in [0.5, 0.6) is 0 Å². The quantitative estimate of drug-likeness (QED) is 0.813. The van der Waals surface area contributed by atoms with Crippen molar-refractivity contribution in [3.63, 3.8) is 0 Å². The van der Waals surface area contributed by atoms with Crippen molar-refractivity contribution < 1.29 is 9.53 Å². The van der Waals surface area contributed by atoms with Crippen molar-refractivity contribution in [3.8, 4) is 0 Å². The van der Waals surface area contributed by atoms with Gasteiger partial charge >= 0.3 is 6.03 Å². The number of carbonyl (C=O) groups is 1. The van der Waals surface area contributed by atoms with Crippen molar-refractivity contribution in [2.24, 2.45) is 0 Å². The molecular formula is C14H20N2O2S. The van der Waals surface area contributed by atoms with Gasteiger partial charge in [0.05, 0.1) is 0 Å². The summed E-state index contributed by atoms with van der Waals surface area (Å²) in [7, 11) is 0. The third-order valence-corrected chi connectivity index (χ3v) is 4.60. The van der Waals surface area contributed by atoms with Gasteiger partial charge in [0, 0.05) is 36.6 Å². The van der Waals surface area contributed by atoms with Gasteiger partial charge in [0.15, 0.2) is 0 Å². The zero-order valence-corrected chi connectivity index (χ0v) is 11.8. The number of carbonyl (C=O) groups excluding carboxylic acids is 1. The predicted molar refractivity (Wildman–Crippen MR) is 77.6 cm³/mol. The van der Waals surface area contributed by atoms with Crippen molar-refractivity contribution in [2.45, 2.75) is 18.3 Å². The Bertz CT molecular complexity index is 411. The summed E-state index contributed by atoms with van der Waals surface area (Å²) in [4.78, 5) is 13.0. The summed E-state index contributed by atoms with van der Waals surface area (Å²) < 4.78 is 5.46. The van der Waals surface area contributed by atoms with Crippen molar-refractivity contribution in [3.05, 3.63) is 35.0 Å². The Morgan fingerprint density at radius 1 is 1.47 bits per heavy atom. The first-order valence-electron chi connectivity index (χ1n) is 6.51. The second-order valence-electron chi connectivity index (χ2n) is 4.72. The van der Waals surface area contributed by atoms with Crippen LogP contribution in [-0.2, 0) is 10.2 Å². The summed E-state index contributed by atoms with van der Waals surface area (Å²) >= 11 is 1.75. The van der Waals surface area contributed by atoms with Crippen molar-refractivity contribution in [1.82, 2.24) is 10.6 Å².